The van der Waals surface area contributed by atoms with E-state index in [1.807, 2.05) is 17.0 Å². The molecule has 2 heterocycles. The van der Waals surface area contributed by atoms with Crippen LogP contribution in [0.3, 0.4) is 0 Å². The molecular formula is C16H26N4O. The Morgan fingerprint density at radius 1 is 1.29 bits per heavy atom. The zero-order valence-electron chi connectivity index (χ0n) is 13.6. The van der Waals surface area contributed by atoms with E-state index < -0.39 is 0 Å². The van der Waals surface area contributed by atoms with Crippen LogP contribution < -0.4 is 5.32 Å². The Kier molecular flexibility index (Phi) is 4.83. The van der Waals surface area contributed by atoms with Gasteiger partial charge in [-0.05, 0) is 46.9 Å². The number of carbonyl (C=O) groups excluding carboxylic acids is 1. The summed E-state index contributed by atoms with van der Waals surface area (Å²) in [6.07, 6.45) is 0. The Morgan fingerprint density at radius 2 is 1.90 bits per heavy atom. The smallest absolute Gasteiger partial charge is 0.272 e. The van der Waals surface area contributed by atoms with Crippen molar-refractivity contribution in [3.63, 3.8) is 0 Å². The number of nitrogens with zero attached hydrogens (tertiary/aromatic N) is 3. The SMILES string of the molecule is CC(C)Nc1cccc(C(=O)N2CC(C)N(C)C(C)C2)n1. The first-order chi connectivity index (χ1) is 9.88. The van der Waals surface area contributed by atoms with E-state index >= 15 is 0 Å². The van der Waals surface area contributed by atoms with Crippen molar-refractivity contribution < 1.29 is 4.79 Å². The number of aromatic nitrogens is 1. The van der Waals surface area contributed by atoms with Gasteiger partial charge in [0.05, 0.1) is 0 Å². The van der Waals surface area contributed by atoms with Gasteiger partial charge in [-0.2, -0.15) is 0 Å². The molecule has 1 aromatic heterocycles. The molecular weight excluding hydrogens is 264 g/mol. The standard InChI is InChI=1S/C16H26N4O/c1-11(2)17-15-8-6-7-14(18-15)16(21)20-9-12(3)19(5)13(4)10-20/h6-8,11-13H,9-10H2,1-5H3,(H,17,18). The lowest BCUT2D eigenvalue weighted by atomic mass is 10.1. The molecule has 0 aliphatic carbocycles. The first-order valence-electron chi connectivity index (χ1n) is 7.63. The minimum absolute atomic E-state index is 0.0224. The molecule has 1 aliphatic heterocycles. The number of hydrogen-bond acceptors (Lipinski definition) is 4. The molecule has 1 aromatic rings. The average Bonchev–Trinajstić information content (AvgIpc) is 2.43. The maximum atomic E-state index is 12.7. The van der Waals surface area contributed by atoms with E-state index in [9.17, 15) is 4.79 Å². The third-order valence-corrected chi connectivity index (χ3v) is 4.05. The van der Waals surface area contributed by atoms with Crippen LogP contribution in [0.25, 0.3) is 0 Å². The van der Waals surface area contributed by atoms with Gasteiger partial charge in [0.2, 0.25) is 0 Å². The van der Waals surface area contributed by atoms with Crippen LogP contribution in [0, 0.1) is 0 Å². The van der Waals surface area contributed by atoms with Gasteiger partial charge in [0.1, 0.15) is 11.5 Å². The van der Waals surface area contributed by atoms with Crippen LogP contribution in [0.1, 0.15) is 38.2 Å². The fraction of sp³-hybridized carbons (Fsp3) is 0.625. The maximum Gasteiger partial charge on any atom is 0.272 e. The molecule has 0 spiro atoms. The highest BCUT2D eigenvalue weighted by molar-refractivity contribution is 5.92. The van der Waals surface area contributed by atoms with E-state index in [1.54, 1.807) is 6.07 Å². The second kappa shape index (κ2) is 6.43. The van der Waals surface area contributed by atoms with Gasteiger partial charge in [0, 0.05) is 31.2 Å². The van der Waals surface area contributed by atoms with E-state index in [2.05, 4.69) is 49.9 Å². The minimum Gasteiger partial charge on any atom is -0.368 e. The molecule has 0 aromatic carbocycles. The summed E-state index contributed by atoms with van der Waals surface area (Å²) in [5.74, 6) is 0.778. The summed E-state index contributed by atoms with van der Waals surface area (Å²) in [5, 5.41) is 3.24. The van der Waals surface area contributed by atoms with Crippen LogP contribution >= 0.6 is 0 Å². The summed E-state index contributed by atoms with van der Waals surface area (Å²) >= 11 is 0. The molecule has 2 unspecified atom stereocenters. The number of amides is 1. The molecule has 1 aliphatic rings. The zero-order chi connectivity index (χ0) is 15.6. The highest BCUT2D eigenvalue weighted by Crippen LogP contribution is 2.16. The Bertz CT molecular complexity index is 491. The zero-order valence-corrected chi connectivity index (χ0v) is 13.6. The predicted molar refractivity (Wildman–Crippen MR) is 85.6 cm³/mol. The Hall–Kier alpha value is -1.62. The van der Waals surface area contributed by atoms with Gasteiger partial charge in [-0.3, -0.25) is 9.69 Å². The first-order valence-corrected chi connectivity index (χ1v) is 7.63. The minimum atomic E-state index is 0.0224. The molecule has 1 amide bonds. The molecule has 5 nitrogen and oxygen atoms in total. The van der Waals surface area contributed by atoms with Crippen molar-refractivity contribution in [3.8, 4) is 0 Å². The van der Waals surface area contributed by atoms with Crippen LogP contribution in [0.15, 0.2) is 18.2 Å². The number of anilines is 1. The van der Waals surface area contributed by atoms with Gasteiger partial charge in [-0.15, -0.1) is 0 Å². The van der Waals surface area contributed by atoms with Crippen molar-refractivity contribution in [1.82, 2.24) is 14.8 Å². The maximum absolute atomic E-state index is 12.7. The number of likely N-dealkylation sites (N-methyl/N-ethyl adjacent to an activating group) is 1. The lowest BCUT2D eigenvalue weighted by molar-refractivity contribution is 0.0409. The number of pyridine rings is 1. The molecule has 1 fully saturated rings. The topological polar surface area (TPSA) is 48.5 Å². The van der Waals surface area contributed by atoms with Crippen LogP contribution in [0.5, 0.6) is 0 Å². The molecule has 5 heteroatoms. The van der Waals surface area contributed by atoms with Crippen molar-refractivity contribution in [2.75, 3.05) is 25.5 Å². The molecule has 1 saturated heterocycles. The summed E-state index contributed by atoms with van der Waals surface area (Å²) in [7, 11) is 2.11. The fourth-order valence-electron chi connectivity index (χ4n) is 2.66. The monoisotopic (exact) mass is 290 g/mol. The summed E-state index contributed by atoms with van der Waals surface area (Å²) < 4.78 is 0. The number of carbonyl (C=O) groups is 1. The fourth-order valence-corrected chi connectivity index (χ4v) is 2.66. The summed E-state index contributed by atoms with van der Waals surface area (Å²) in [6, 6.07) is 6.61. The van der Waals surface area contributed by atoms with Crippen molar-refractivity contribution in [3.05, 3.63) is 23.9 Å². The van der Waals surface area contributed by atoms with Crippen LogP contribution in [-0.4, -0.2) is 59.0 Å². The summed E-state index contributed by atoms with van der Waals surface area (Å²) in [5.41, 5.74) is 0.518. The van der Waals surface area contributed by atoms with Gasteiger partial charge < -0.3 is 10.2 Å². The summed E-state index contributed by atoms with van der Waals surface area (Å²) in [6.45, 7) is 9.92. The quantitative estimate of drug-likeness (QED) is 0.926. The second-order valence-electron chi connectivity index (χ2n) is 6.28. The molecule has 2 rings (SSSR count). The van der Waals surface area contributed by atoms with Crippen LogP contribution in [-0.2, 0) is 0 Å². The molecule has 0 saturated carbocycles. The van der Waals surface area contributed by atoms with Crippen molar-refractivity contribution in [2.45, 2.75) is 45.8 Å². The van der Waals surface area contributed by atoms with E-state index in [4.69, 9.17) is 0 Å². The van der Waals surface area contributed by atoms with Crippen molar-refractivity contribution in [1.29, 1.82) is 0 Å². The number of piperazine rings is 1. The first kappa shape index (κ1) is 15.8. The van der Waals surface area contributed by atoms with Gasteiger partial charge in [-0.25, -0.2) is 4.98 Å². The van der Waals surface area contributed by atoms with E-state index in [0.717, 1.165) is 18.9 Å². The largest absolute Gasteiger partial charge is 0.368 e. The van der Waals surface area contributed by atoms with Crippen LogP contribution in [0.4, 0.5) is 5.82 Å². The predicted octanol–water partition coefficient (Wildman–Crippen LogP) is 2.07. The lowest BCUT2D eigenvalue weighted by Crippen LogP contribution is -2.56. The third-order valence-electron chi connectivity index (χ3n) is 4.05. The molecule has 116 valence electrons. The molecule has 0 radical (unpaired) electrons. The number of nitrogens with one attached hydrogen (secondary N) is 1. The third kappa shape index (κ3) is 3.73. The Balaban J connectivity index is 2.13. The number of hydrogen-bond donors (Lipinski definition) is 1. The van der Waals surface area contributed by atoms with Crippen molar-refractivity contribution >= 4 is 11.7 Å². The van der Waals surface area contributed by atoms with E-state index in [0.29, 0.717) is 23.8 Å². The normalized spacial score (nSPS) is 23.4. The van der Waals surface area contributed by atoms with Gasteiger partial charge in [-0.1, -0.05) is 6.07 Å². The Morgan fingerprint density at radius 3 is 2.48 bits per heavy atom. The second-order valence-corrected chi connectivity index (χ2v) is 6.28. The van der Waals surface area contributed by atoms with E-state index in [-0.39, 0.29) is 5.91 Å². The highest BCUT2D eigenvalue weighted by Gasteiger charge is 2.30. The van der Waals surface area contributed by atoms with Crippen LogP contribution in [0.2, 0.25) is 0 Å². The average molecular weight is 290 g/mol. The van der Waals surface area contributed by atoms with E-state index in [1.165, 1.54) is 0 Å². The van der Waals surface area contributed by atoms with Gasteiger partial charge in [0.25, 0.3) is 5.91 Å². The molecule has 0 bridgehead atoms. The van der Waals surface area contributed by atoms with Crippen molar-refractivity contribution in [2.24, 2.45) is 0 Å². The molecule has 2 atom stereocenters. The van der Waals surface area contributed by atoms with Gasteiger partial charge in [0.15, 0.2) is 0 Å². The Labute approximate surface area is 127 Å². The lowest BCUT2D eigenvalue weighted by Gasteiger charge is -2.42. The molecule has 1 N–H and O–H groups in total. The van der Waals surface area contributed by atoms with Gasteiger partial charge >= 0.3 is 0 Å². The summed E-state index contributed by atoms with van der Waals surface area (Å²) in [4.78, 5) is 21.3. The molecule has 21 heavy (non-hydrogen) atoms. The number of rotatable bonds is 3. The highest BCUT2D eigenvalue weighted by atomic mass is 16.2.